The Labute approximate surface area is 135 Å². The first-order chi connectivity index (χ1) is 10.1. The molecule has 0 radical (unpaired) electrons. The van der Waals surface area contributed by atoms with Crippen molar-refractivity contribution in [3.8, 4) is 0 Å². The molecule has 3 atom stereocenters. The van der Waals surface area contributed by atoms with Crippen LogP contribution in [0.15, 0.2) is 30.3 Å². The summed E-state index contributed by atoms with van der Waals surface area (Å²) in [5.41, 5.74) is 0.826. The first-order valence-electron chi connectivity index (χ1n) is 7.90. The Bertz CT molecular complexity index is 479. The molecule has 0 aliphatic carbocycles. The Balaban J connectivity index is 2.91. The summed E-state index contributed by atoms with van der Waals surface area (Å²) >= 11 is 0. The number of carbonyl (C=O) groups is 1. The fraction of sp³-hybridized carbons (Fsp3) is 0.611. The van der Waals surface area contributed by atoms with E-state index in [0.29, 0.717) is 12.8 Å². The van der Waals surface area contributed by atoms with Gasteiger partial charge in [0.25, 0.3) is 0 Å². The van der Waals surface area contributed by atoms with E-state index < -0.39 is 14.2 Å². The van der Waals surface area contributed by atoms with Gasteiger partial charge in [-0.05, 0) is 24.4 Å². The van der Waals surface area contributed by atoms with Crippen molar-refractivity contribution < 1.29 is 14.6 Å². The smallest absolute Gasteiger partial charge is 0.132 e. The van der Waals surface area contributed by atoms with Crippen LogP contribution in [0.25, 0.3) is 0 Å². The van der Waals surface area contributed by atoms with Crippen LogP contribution in [0.5, 0.6) is 0 Å². The van der Waals surface area contributed by atoms with Crippen molar-refractivity contribution in [3.05, 3.63) is 35.9 Å². The van der Waals surface area contributed by atoms with Crippen LogP contribution >= 0.6 is 0 Å². The molecule has 0 saturated carbocycles. The summed E-state index contributed by atoms with van der Waals surface area (Å²) < 4.78 is 5.99. The monoisotopic (exact) mass is 322 g/mol. The third-order valence-corrected chi connectivity index (χ3v) is 11.3. The first kappa shape index (κ1) is 19.1. The fourth-order valence-corrected chi connectivity index (χ4v) is 7.08. The van der Waals surface area contributed by atoms with Crippen molar-refractivity contribution in [2.75, 3.05) is 6.23 Å². The molecule has 1 N–H and O–H groups in total. The lowest BCUT2D eigenvalue weighted by Gasteiger charge is -2.45. The van der Waals surface area contributed by atoms with Gasteiger partial charge < -0.3 is 9.84 Å². The van der Waals surface area contributed by atoms with E-state index in [1.807, 2.05) is 30.3 Å². The molecule has 0 unspecified atom stereocenters. The zero-order valence-electron chi connectivity index (χ0n) is 14.7. The van der Waals surface area contributed by atoms with Crippen molar-refractivity contribution in [3.63, 3.8) is 0 Å². The molecule has 3 nitrogen and oxygen atoms in total. The molecule has 0 amide bonds. The van der Waals surface area contributed by atoms with Gasteiger partial charge in [0, 0.05) is 11.8 Å². The highest BCUT2D eigenvalue weighted by molar-refractivity contribution is 6.85. The number of hydrogen-bond acceptors (Lipinski definition) is 3. The second-order valence-corrected chi connectivity index (χ2v) is 12.7. The van der Waals surface area contributed by atoms with E-state index in [2.05, 4.69) is 27.3 Å². The molecular formula is C18H30O3Si. The summed E-state index contributed by atoms with van der Waals surface area (Å²) in [4.78, 5) is 12.1. The standard InChI is InChI=1S/C18H30O3Si/c1-14(19)17(15(2)20)22(6,18(3,4)5)13-21-12-16-10-8-7-9-11-16/h7-11,14,17,19H,12-13H2,1-6H3/t14-,17-,22-/m1/s1. The van der Waals surface area contributed by atoms with E-state index in [0.717, 1.165) is 5.56 Å². The van der Waals surface area contributed by atoms with E-state index in [1.165, 1.54) is 0 Å². The number of benzene rings is 1. The summed E-state index contributed by atoms with van der Waals surface area (Å²) in [6.07, 6.45) is -0.0608. The molecule has 1 aromatic rings. The number of rotatable bonds is 7. The van der Waals surface area contributed by atoms with E-state index in [1.54, 1.807) is 13.8 Å². The third-order valence-electron chi connectivity index (χ3n) is 4.83. The summed E-state index contributed by atoms with van der Waals surface area (Å²) in [6, 6.07) is 10.0. The number of aliphatic hydroxyl groups excluding tert-OH is 1. The lowest BCUT2D eigenvalue weighted by molar-refractivity contribution is -0.118. The molecule has 0 heterocycles. The van der Waals surface area contributed by atoms with Crippen LogP contribution < -0.4 is 0 Å². The maximum atomic E-state index is 12.1. The first-order valence-corrected chi connectivity index (χ1v) is 10.7. The van der Waals surface area contributed by atoms with Crippen LogP contribution in [0.1, 0.15) is 40.2 Å². The van der Waals surface area contributed by atoms with Crippen LogP contribution in [-0.4, -0.2) is 31.3 Å². The molecule has 4 heteroatoms. The van der Waals surface area contributed by atoms with Gasteiger partial charge in [0.1, 0.15) is 5.78 Å². The third kappa shape index (κ3) is 4.51. The van der Waals surface area contributed by atoms with Crippen LogP contribution in [-0.2, 0) is 16.1 Å². The Hall–Kier alpha value is -0.973. The van der Waals surface area contributed by atoms with Gasteiger partial charge in [0.2, 0.25) is 0 Å². The Morgan fingerprint density at radius 1 is 1.27 bits per heavy atom. The van der Waals surface area contributed by atoms with Gasteiger partial charge in [-0.2, -0.15) is 0 Å². The number of ether oxygens (including phenoxy) is 1. The minimum atomic E-state index is -2.18. The molecule has 0 aliphatic rings. The number of aliphatic hydroxyl groups is 1. The molecule has 22 heavy (non-hydrogen) atoms. The predicted octanol–water partition coefficient (Wildman–Crippen LogP) is 3.96. The number of Topliss-reactive ketones (excluding diaryl/α,β-unsaturated/α-hetero) is 1. The summed E-state index contributed by atoms with van der Waals surface area (Å²) in [6.45, 7) is 12.5. The van der Waals surface area contributed by atoms with E-state index in [4.69, 9.17) is 4.74 Å². The van der Waals surface area contributed by atoms with Gasteiger partial charge in [-0.15, -0.1) is 0 Å². The Kier molecular flexibility index (Phi) is 6.53. The minimum absolute atomic E-state index is 0.0307. The maximum Gasteiger partial charge on any atom is 0.132 e. The SMILES string of the molecule is CC(=O)[C@@H]([C@@H](C)O)[Si@@](C)(COCc1ccccc1)C(C)(C)C. The normalized spacial score (nSPS) is 17.6. The zero-order chi connectivity index (χ0) is 17.0. The van der Waals surface area contributed by atoms with Crippen LogP contribution in [0.2, 0.25) is 17.1 Å². The van der Waals surface area contributed by atoms with Gasteiger partial charge in [0.15, 0.2) is 0 Å². The highest BCUT2D eigenvalue weighted by Gasteiger charge is 2.50. The second-order valence-electron chi connectivity index (χ2n) is 7.47. The number of ketones is 1. The fourth-order valence-electron chi connectivity index (χ4n) is 3.05. The van der Waals surface area contributed by atoms with Gasteiger partial charge in [-0.3, -0.25) is 4.79 Å². The lowest BCUT2D eigenvalue weighted by atomic mass is 10.2. The average molecular weight is 323 g/mol. The van der Waals surface area contributed by atoms with Crippen LogP contribution in [0, 0.1) is 0 Å². The Morgan fingerprint density at radius 3 is 2.23 bits per heavy atom. The molecule has 124 valence electrons. The topological polar surface area (TPSA) is 46.5 Å². The molecule has 1 rings (SSSR count). The average Bonchev–Trinajstić information content (AvgIpc) is 2.37. The van der Waals surface area contributed by atoms with Gasteiger partial charge in [-0.1, -0.05) is 57.7 Å². The van der Waals surface area contributed by atoms with Gasteiger partial charge in [-0.25, -0.2) is 0 Å². The van der Waals surface area contributed by atoms with Gasteiger partial charge >= 0.3 is 0 Å². The van der Waals surface area contributed by atoms with E-state index >= 15 is 0 Å². The molecule has 0 saturated heterocycles. The Morgan fingerprint density at radius 2 is 1.82 bits per heavy atom. The molecule has 0 fully saturated rings. The molecule has 0 aliphatic heterocycles. The highest BCUT2D eigenvalue weighted by Crippen LogP contribution is 2.45. The van der Waals surface area contributed by atoms with Crippen LogP contribution in [0.3, 0.4) is 0 Å². The predicted molar refractivity (Wildman–Crippen MR) is 93.5 cm³/mol. The molecule has 0 bridgehead atoms. The summed E-state index contributed by atoms with van der Waals surface area (Å²) in [5.74, 6) is 0.0717. The molecule has 0 spiro atoms. The van der Waals surface area contributed by atoms with Crippen molar-refractivity contribution in [1.82, 2.24) is 0 Å². The van der Waals surface area contributed by atoms with E-state index in [-0.39, 0.29) is 16.4 Å². The number of hydrogen-bond donors (Lipinski definition) is 1. The summed E-state index contributed by atoms with van der Waals surface area (Å²) in [5, 5.41) is 10.1. The van der Waals surface area contributed by atoms with Crippen molar-refractivity contribution in [2.45, 2.75) is 64.5 Å². The summed E-state index contributed by atoms with van der Waals surface area (Å²) in [7, 11) is -2.18. The largest absolute Gasteiger partial charge is 0.393 e. The minimum Gasteiger partial charge on any atom is -0.393 e. The van der Waals surface area contributed by atoms with Gasteiger partial charge in [0.05, 0.1) is 20.8 Å². The van der Waals surface area contributed by atoms with Crippen molar-refractivity contribution in [1.29, 1.82) is 0 Å². The lowest BCUT2D eigenvalue weighted by Crippen LogP contribution is -2.55. The molecular weight excluding hydrogens is 292 g/mol. The highest BCUT2D eigenvalue weighted by atomic mass is 28.3. The number of carbonyl (C=O) groups excluding carboxylic acids is 1. The zero-order valence-corrected chi connectivity index (χ0v) is 15.7. The molecule has 0 aromatic heterocycles. The second kappa shape index (κ2) is 7.53. The maximum absolute atomic E-state index is 12.1. The van der Waals surface area contributed by atoms with E-state index in [9.17, 15) is 9.90 Å². The van der Waals surface area contributed by atoms with Crippen LogP contribution in [0.4, 0.5) is 0 Å². The van der Waals surface area contributed by atoms with Crippen molar-refractivity contribution >= 4 is 13.9 Å². The van der Waals surface area contributed by atoms with Crippen molar-refractivity contribution in [2.24, 2.45) is 0 Å². The quantitative estimate of drug-likeness (QED) is 0.773. The molecule has 1 aromatic carbocycles.